The molecule has 0 amide bonds. The summed E-state index contributed by atoms with van der Waals surface area (Å²) in [5, 5.41) is 13.7. The zero-order chi connectivity index (χ0) is 13.9. The van der Waals surface area contributed by atoms with Crippen LogP contribution in [0.25, 0.3) is 11.0 Å². The summed E-state index contributed by atoms with van der Waals surface area (Å²) >= 11 is 0. The highest BCUT2D eigenvalue weighted by atomic mass is 16.3. The molecule has 2 aromatic carbocycles. The first-order chi connectivity index (χ1) is 9.78. The van der Waals surface area contributed by atoms with Crippen LogP contribution in [0.15, 0.2) is 52.9 Å². The van der Waals surface area contributed by atoms with Gasteiger partial charge in [0.05, 0.1) is 6.61 Å². The lowest BCUT2D eigenvalue weighted by Crippen LogP contribution is -2.00. The van der Waals surface area contributed by atoms with E-state index in [0.717, 1.165) is 28.0 Å². The third-order valence-corrected chi connectivity index (χ3v) is 3.48. The monoisotopic (exact) mass is 267 g/mol. The molecule has 0 unspecified atom stereocenters. The predicted octanol–water partition coefficient (Wildman–Crippen LogP) is 3.85. The summed E-state index contributed by atoms with van der Waals surface area (Å²) in [4.78, 5) is 0. The summed E-state index contributed by atoms with van der Waals surface area (Å²) in [6.07, 6.45) is 0. The molecule has 0 radical (unpaired) electrons. The zero-order valence-corrected chi connectivity index (χ0v) is 11.4. The Labute approximate surface area is 117 Å². The Morgan fingerprint density at radius 3 is 2.80 bits per heavy atom. The van der Waals surface area contributed by atoms with E-state index in [1.165, 1.54) is 5.56 Å². The molecule has 3 rings (SSSR count). The van der Waals surface area contributed by atoms with Crippen molar-refractivity contribution in [2.75, 3.05) is 5.32 Å². The van der Waals surface area contributed by atoms with E-state index in [0.29, 0.717) is 6.54 Å². The quantitative estimate of drug-likeness (QED) is 0.754. The number of hydrogen-bond donors (Lipinski definition) is 2. The number of benzene rings is 2. The average molecular weight is 267 g/mol. The van der Waals surface area contributed by atoms with Crippen LogP contribution >= 0.6 is 0 Å². The molecule has 0 atom stereocenters. The Kier molecular flexibility index (Phi) is 3.44. The van der Waals surface area contributed by atoms with Gasteiger partial charge in [-0.3, -0.25) is 0 Å². The molecule has 0 fully saturated rings. The highest BCUT2D eigenvalue weighted by molar-refractivity contribution is 5.82. The fraction of sp³-hybridized carbons (Fsp3) is 0.176. The van der Waals surface area contributed by atoms with Crippen molar-refractivity contribution in [2.45, 2.75) is 20.1 Å². The van der Waals surface area contributed by atoms with Crippen molar-refractivity contribution in [3.8, 4) is 0 Å². The number of fused-ring (bicyclic) bond motifs is 1. The molecule has 102 valence electrons. The van der Waals surface area contributed by atoms with E-state index in [1.54, 1.807) is 0 Å². The maximum Gasteiger partial charge on any atom is 0.134 e. The standard InChI is InChI=1S/C17H17NO2/c1-12-16(15-7-2-3-8-17(15)20-12)10-18-14-6-4-5-13(9-14)11-19/h2-9,18-19H,10-11H2,1H3. The highest BCUT2D eigenvalue weighted by Crippen LogP contribution is 2.26. The van der Waals surface area contributed by atoms with Crippen molar-refractivity contribution in [1.29, 1.82) is 0 Å². The van der Waals surface area contributed by atoms with E-state index in [1.807, 2.05) is 49.4 Å². The topological polar surface area (TPSA) is 45.4 Å². The molecule has 0 saturated carbocycles. The molecule has 0 saturated heterocycles. The number of aliphatic hydroxyl groups excluding tert-OH is 1. The summed E-state index contributed by atoms with van der Waals surface area (Å²) in [7, 11) is 0. The van der Waals surface area contributed by atoms with Gasteiger partial charge in [0.25, 0.3) is 0 Å². The van der Waals surface area contributed by atoms with Gasteiger partial charge >= 0.3 is 0 Å². The zero-order valence-electron chi connectivity index (χ0n) is 11.4. The van der Waals surface area contributed by atoms with Crippen LogP contribution in [0.1, 0.15) is 16.9 Å². The fourth-order valence-corrected chi connectivity index (χ4v) is 2.41. The second kappa shape index (κ2) is 5.39. The largest absolute Gasteiger partial charge is 0.461 e. The smallest absolute Gasteiger partial charge is 0.134 e. The van der Waals surface area contributed by atoms with Gasteiger partial charge in [0.15, 0.2) is 0 Å². The van der Waals surface area contributed by atoms with Crippen molar-refractivity contribution in [2.24, 2.45) is 0 Å². The summed E-state index contributed by atoms with van der Waals surface area (Å²) in [6.45, 7) is 2.75. The summed E-state index contributed by atoms with van der Waals surface area (Å²) < 4.78 is 5.75. The number of anilines is 1. The van der Waals surface area contributed by atoms with Crippen LogP contribution in [0.2, 0.25) is 0 Å². The number of hydrogen-bond acceptors (Lipinski definition) is 3. The Bertz CT molecular complexity index is 731. The fourth-order valence-electron chi connectivity index (χ4n) is 2.41. The molecule has 1 aromatic heterocycles. The molecule has 1 heterocycles. The molecular weight excluding hydrogens is 250 g/mol. The minimum Gasteiger partial charge on any atom is -0.461 e. The Hall–Kier alpha value is -2.26. The van der Waals surface area contributed by atoms with E-state index < -0.39 is 0 Å². The lowest BCUT2D eigenvalue weighted by Gasteiger charge is -2.07. The van der Waals surface area contributed by atoms with Crippen molar-refractivity contribution in [1.82, 2.24) is 0 Å². The van der Waals surface area contributed by atoms with E-state index >= 15 is 0 Å². The molecule has 3 nitrogen and oxygen atoms in total. The number of aliphatic hydroxyl groups is 1. The predicted molar refractivity (Wildman–Crippen MR) is 80.6 cm³/mol. The normalized spacial score (nSPS) is 10.9. The van der Waals surface area contributed by atoms with Crippen LogP contribution in [-0.4, -0.2) is 5.11 Å². The van der Waals surface area contributed by atoms with Crippen LogP contribution in [0, 0.1) is 6.92 Å². The van der Waals surface area contributed by atoms with Crippen molar-refractivity contribution in [3.05, 3.63) is 65.4 Å². The second-order valence-corrected chi connectivity index (χ2v) is 4.85. The summed E-state index contributed by atoms with van der Waals surface area (Å²) in [6, 6.07) is 15.9. The van der Waals surface area contributed by atoms with E-state index in [2.05, 4.69) is 11.4 Å². The van der Waals surface area contributed by atoms with Crippen molar-refractivity contribution < 1.29 is 9.52 Å². The van der Waals surface area contributed by atoms with Crippen LogP contribution in [0.4, 0.5) is 5.69 Å². The Morgan fingerprint density at radius 2 is 1.95 bits per heavy atom. The van der Waals surface area contributed by atoms with Gasteiger partial charge in [0.1, 0.15) is 11.3 Å². The Balaban J connectivity index is 1.84. The van der Waals surface area contributed by atoms with Gasteiger partial charge in [-0.1, -0.05) is 30.3 Å². The van der Waals surface area contributed by atoms with Gasteiger partial charge in [-0.05, 0) is 30.7 Å². The average Bonchev–Trinajstić information content (AvgIpc) is 2.81. The van der Waals surface area contributed by atoms with E-state index in [-0.39, 0.29) is 6.61 Å². The molecule has 2 N–H and O–H groups in total. The van der Waals surface area contributed by atoms with Crippen molar-refractivity contribution >= 4 is 16.7 Å². The van der Waals surface area contributed by atoms with Crippen LogP contribution < -0.4 is 5.32 Å². The maximum absolute atomic E-state index is 9.16. The minimum atomic E-state index is 0.0587. The summed E-state index contributed by atoms with van der Waals surface area (Å²) in [5.74, 6) is 0.942. The van der Waals surface area contributed by atoms with Gasteiger partial charge in [0, 0.05) is 23.2 Å². The molecule has 20 heavy (non-hydrogen) atoms. The van der Waals surface area contributed by atoms with Gasteiger partial charge in [-0.25, -0.2) is 0 Å². The molecule has 0 spiro atoms. The molecule has 0 aliphatic heterocycles. The molecule has 3 heteroatoms. The first-order valence-electron chi connectivity index (χ1n) is 6.68. The Morgan fingerprint density at radius 1 is 1.10 bits per heavy atom. The molecule has 0 aliphatic carbocycles. The highest BCUT2D eigenvalue weighted by Gasteiger charge is 2.09. The van der Waals surface area contributed by atoms with Crippen LogP contribution in [0.5, 0.6) is 0 Å². The van der Waals surface area contributed by atoms with Crippen LogP contribution in [0.3, 0.4) is 0 Å². The third-order valence-electron chi connectivity index (χ3n) is 3.48. The number of rotatable bonds is 4. The third kappa shape index (κ3) is 2.40. The second-order valence-electron chi connectivity index (χ2n) is 4.85. The van der Waals surface area contributed by atoms with E-state index in [9.17, 15) is 0 Å². The van der Waals surface area contributed by atoms with Gasteiger partial charge in [-0.2, -0.15) is 0 Å². The molecule has 0 aliphatic rings. The number of aryl methyl sites for hydroxylation is 1. The number of nitrogens with one attached hydrogen (secondary N) is 1. The lowest BCUT2D eigenvalue weighted by atomic mass is 10.1. The number of para-hydroxylation sites is 1. The molecule has 3 aromatic rings. The molecule has 0 bridgehead atoms. The van der Waals surface area contributed by atoms with E-state index in [4.69, 9.17) is 9.52 Å². The first kappa shape index (κ1) is 12.8. The van der Waals surface area contributed by atoms with Crippen molar-refractivity contribution in [3.63, 3.8) is 0 Å². The number of furan rings is 1. The SMILES string of the molecule is Cc1oc2ccccc2c1CNc1cccc(CO)c1. The maximum atomic E-state index is 9.16. The lowest BCUT2D eigenvalue weighted by molar-refractivity contribution is 0.282. The van der Waals surface area contributed by atoms with Gasteiger partial charge < -0.3 is 14.8 Å². The van der Waals surface area contributed by atoms with Crippen LogP contribution in [-0.2, 0) is 13.2 Å². The van der Waals surface area contributed by atoms with Gasteiger partial charge in [-0.15, -0.1) is 0 Å². The van der Waals surface area contributed by atoms with Gasteiger partial charge in [0.2, 0.25) is 0 Å². The summed E-state index contributed by atoms with van der Waals surface area (Å²) in [5.41, 5.74) is 4.01. The molecular formula is C17H17NO2. The first-order valence-corrected chi connectivity index (χ1v) is 6.68. The minimum absolute atomic E-state index is 0.0587.